The minimum absolute atomic E-state index is 0.0489. The largest absolute Gasteiger partial charge is 0.313 e. The lowest BCUT2D eigenvalue weighted by atomic mass is 10.1. The number of terminal acetylenes is 1. The van der Waals surface area contributed by atoms with Crippen LogP contribution in [0, 0.1) is 19.3 Å². The molecule has 0 amide bonds. The predicted molar refractivity (Wildman–Crippen MR) is 86.8 cm³/mol. The maximum atomic E-state index is 12.7. The molecule has 0 radical (unpaired) electrons. The first-order chi connectivity index (χ1) is 9.88. The summed E-state index contributed by atoms with van der Waals surface area (Å²) in [6.45, 7) is 7.28. The zero-order valence-electron chi connectivity index (χ0n) is 12.6. The van der Waals surface area contributed by atoms with Crippen molar-refractivity contribution in [3.8, 4) is 12.3 Å². The number of nitrogens with one attached hydrogen (secondary N) is 1. The number of hydrogen-bond donors (Lipinski definition) is 1. The molecule has 0 saturated carbocycles. The Morgan fingerprint density at radius 1 is 1.38 bits per heavy atom. The maximum Gasteiger partial charge on any atom is 0.244 e. The molecular weight excluding hydrogens is 308 g/mol. The summed E-state index contributed by atoms with van der Waals surface area (Å²) in [5.41, 5.74) is 1.58. The number of rotatable bonds is 7. The molecule has 0 fully saturated rings. The fraction of sp³-hybridized carbons (Fsp3) is 0.467. The molecule has 0 aliphatic rings. The second-order valence-corrected chi connectivity index (χ2v) is 6.95. The van der Waals surface area contributed by atoms with Crippen molar-refractivity contribution >= 4 is 21.6 Å². The van der Waals surface area contributed by atoms with Crippen LogP contribution in [0.25, 0.3) is 0 Å². The van der Waals surface area contributed by atoms with Crippen molar-refractivity contribution in [3.63, 3.8) is 0 Å². The highest BCUT2D eigenvalue weighted by molar-refractivity contribution is 7.89. The third-order valence-electron chi connectivity index (χ3n) is 3.24. The summed E-state index contributed by atoms with van der Waals surface area (Å²) < 4.78 is 26.7. The van der Waals surface area contributed by atoms with Crippen LogP contribution in [0.5, 0.6) is 0 Å². The molecule has 0 heterocycles. The van der Waals surface area contributed by atoms with Crippen molar-refractivity contribution in [2.75, 3.05) is 19.6 Å². The molecule has 0 unspecified atom stereocenters. The van der Waals surface area contributed by atoms with Gasteiger partial charge < -0.3 is 5.32 Å². The molecule has 0 bridgehead atoms. The van der Waals surface area contributed by atoms with Gasteiger partial charge in [0.15, 0.2) is 0 Å². The van der Waals surface area contributed by atoms with Gasteiger partial charge in [-0.3, -0.25) is 0 Å². The van der Waals surface area contributed by atoms with Gasteiger partial charge in [0.1, 0.15) is 0 Å². The number of hydrogen-bond acceptors (Lipinski definition) is 3. The highest BCUT2D eigenvalue weighted by atomic mass is 35.5. The summed E-state index contributed by atoms with van der Waals surface area (Å²) in [6, 6.07) is 3.27. The van der Waals surface area contributed by atoms with Crippen molar-refractivity contribution < 1.29 is 8.42 Å². The second-order valence-electron chi connectivity index (χ2n) is 4.60. The van der Waals surface area contributed by atoms with Gasteiger partial charge in [-0.15, -0.1) is 6.42 Å². The average molecular weight is 329 g/mol. The number of benzene rings is 1. The molecule has 1 aromatic carbocycles. The van der Waals surface area contributed by atoms with Crippen molar-refractivity contribution in [2.45, 2.75) is 32.2 Å². The highest BCUT2D eigenvalue weighted by Crippen LogP contribution is 2.27. The first kappa shape index (κ1) is 18.0. The fourth-order valence-corrected chi connectivity index (χ4v) is 3.99. The van der Waals surface area contributed by atoms with Crippen molar-refractivity contribution in [1.82, 2.24) is 9.62 Å². The zero-order valence-corrected chi connectivity index (χ0v) is 14.2. The quantitative estimate of drug-likeness (QED) is 0.782. The summed E-state index contributed by atoms with van der Waals surface area (Å²) in [5, 5.41) is 3.59. The Balaban J connectivity index is 3.35. The van der Waals surface area contributed by atoms with Gasteiger partial charge in [-0.05, 0) is 36.7 Å². The molecule has 0 aliphatic carbocycles. The monoisotopic (exact) mass is 328 g/mol. The van der Waals surface area contributed by atoms with Crippen LogP contribution >= 0.6 is 11.6 Å². The van der Waals surface area contributed by atoms with Crippen LogP contribution in [-0.4, -0.2) is 32.4 Å². The number of sulfonamides is 1. The summed E-state index contributed by atoms with van der Waals surface area (Å²) in [4.78, 5) is 0.222. The summed E-state index contributed by atoms with van der Waals surface area (Å²) >= 11 is 6.08. The Bertz CT molecular complexity index is 636. The summed E-state index contributed by atoms with van der Waals surface area (Å²) in [7, 11) is -3.64. The fourth-order valence-electron chi connectivity index (χ4n) is 2.03. The lowest BCUT2D eigenvalue weighted by Crippen LogP contribution is -2.32. The van der Waals surface area contributed by atoms with E-state index in [-0.39, 0.29) is 11.4 Å². The molecule has 1 rings (SSSR count). The van der Waals surface area contributed by atoms with E-state index in [1.165, 1.54) is 10.4 Å². The van der Waals surface area contributed by atoms with Gasteiger partial charge in [0.25, 0.3) is 0 Å². The van der Waals surface area contributed by atoms with Gasteiger partial charge in [0.2, 0.25) is 10.0 Å². The second kappa shape index (κ2) is 7.81. The van der Waals surface area contributed by atoms with Crippen LogP contribution in [0.15, 0.2) is 17.0 Å². The van der Waals surface area contributed by atoms with Crippen molar-refractivity contribution in [2.24, 2.45) is 0 Å². The Hall–Kier alpha value is -1.06. The molecular formula is C15H21ClN2O2S. The smallest absolute Gasteiger partial charge is 0.244 e. The van der Waals surface area contributed by atoms with E-state index in [1.807, 2.05) is 6.92 Å². The van der Waals surface area contributed by atoms with E-state index in [0.717, 1.165) is 12.1 Å². The van der Waals surface area contributed by atoms with Gasteiger partial charge in [-0.25, -0.2) is 8.42 Å². The van der Waals surface area contributed by atoms with Gasteiger partial charge in [0, 0.05) is 18.1 Å². The van der Waals surface area contributed by atoms with Gasteiger partial charge in [-0.1, -0.05) is 31.4 Å². The third kappa shape index (κ3) is 4.21. The van der Waals surface area contributed by atoms with E-state index < -0.39 is 10.0 Å². The molecule has 0 saturated heterocycles. The lowest BCUT2D eigenvalue weighted by Gasteiger charge is -2.21. The molecule has 4 nitrogen and oxygen atoms in total. The van der Waals surface area contributed by atoms with Crippen molar-refractivity contribution in [1.29, 1.82) is 0 Å². The minimum Gasteiger partial charge on any atom is -0.313 e. The Morgan fingerprint density at radius 3 is 2.57 bits per heavy atom. The molecule has 0 aromatic heterocycles. The standard InChI is InChI=1S/C15H21ClN2O2S/c1-5-8-18(7-3)21(19,20)15-10-14(16)9-13(12(15)4)11-17-6-2/h1,9-10,17H,6-8,11H2,2-4H3. The molecule has 21 heavy (non-hydrogen) atoms. The molecule has 116 valence electrons. The van der Waals surface area contributed by atoms with E-state index in [9.17, 15) is 8.42 Å². The van der Waals surface area contributed by atoms with E-state index in [0.29, 0.717) is 23.7 Å². The van der Waals surface area contributed by atoms with Gasteiger partial charge >= 0.3 is 0 Å². The van der Waals surface area contributed by atoms with E-state index in [1.54, 1.807) is 19.9 Å². The maximum absolute atomic E-state index is 12.7. The minimum atomic E-state index is -3.64. The number of nitrogens with zero attached hydrogens (tertiary/aromatic N) is 1. The zero-order chi connectivity index (χ0) is 16.0. The average Bonchev–Trinajstić information content (AvgIpc) is 2.44. The van der Waals surface area contributed by atoms with Crippen LogP contribution < -0.4 is 5.32 Å². The van der Waals surface area contributed by atoms with E-state index in [4.69, 9.17) is 18.0 Å². The highest BCUT2D eigenvalue weighted by Gasteiger charge is 2.25. The van der Waals surface area contributed by atoms with Gasteiger partial charge in [0.05, 0.1) is 11.4 Å². The van der Waals surface area contributed by atoms with Crippen molar-refractivity contribution in [3.05, 3.63) is 28.3 Å². The molecule has 1 aromatic rings. The molecule has 0 aliphatic heterocycles. The van der Waals surface area contributed by atoms with Crippen LogP contribution in [0.4, 0.5) is 0 Å². The normalized spacial score (nSPS) is 11.6. The first-order valence-electron chi connectivity index (χ1n) is 6.81. The Labute approximate surface area is 132 Å². The molecule has 1 N–H and O–H groups in total. The molecule has 0 spiro atoms. The Morgan fingerprint density at radius 2 is 2.05 bits per heavy atom. The van der Waals surface area contributed by atoms with Crippen LogP contribution in [0.1, 0.15) is 25.0 Å². The van der Waals surface area contributed by atoms with Gasteiger partial charge in [-0.2, -0.15) is 4.31 Å². The van der Waals surface area contributed by atoms with Crippen LogP contribution in [0.2, 0.25) is 5.02 Å². The number of halogens is 1. The summed E-state index contributed by atoms with van der Waals surface area (Å²) in [5.74, 6) is 2.38. The van der Waals surface area contributed by atoms with E-state index in [2.05, 4.69) is 11.2 Å². The first-order valence-corrected chi connectivity index (χ1v) is 8.63. The van der Waals surface area contributed by atoms with Crippen LogP contribution in [0.3, 0.4) is 0 Å². The lowest BCUT2D eigenvalue weighted by molar-refractivity contribution is 0.463. The summed E-state index contributed by atoms with van der Waals surface area (Å²) in [6.07, 6.45) is 5.25. The SMILES string of the molecule is C#CCN(CC)S(=O)(=O)c1cc(Cl)cc(CNCC)c1C. The third-order valence-corrected chi connectivity index (χ3v) is 5.50. The Kier molecular flexibility index (Phi) is 6.69. The van der Waals surface area contributed by atoms with E-state index >= 15 is 0 Å². The van der Waals surface area contributed by atoms with Crippen LogP contribution in [-0.2, 0) is 16.6 Å². The molecule has 6 heteroatoms. The molecule has 0 atom stereocenters. The predicted octanol–water partition coefficient (Wildman–Crippen LogP) is 2.40. The topological polar surface area (TPSA) is 49.4 Å².